The second-order valence-corrected chi connectivity index (χ2v) is 7.46. The molecule has 0 heterocycles. The van der Waals surface area contributed by atoms with Gasteiger partial charge in [-0.1, -0.05) is 39.8 Å². The molecule has 1 N–H and O–H groups in total. The third-order valence-electron chi connectivity index (χ3n) is 4.01. The summed E-state index contributed by atoms with van der Waals surface area (Å²) in [6.45, 7) is 8.21. The number of carbonyl (C=O) groups is 2. The van der Waals surface area contributed by atoms with Crippen LogP contribution in [-0.2, 0) is 9.59 Å². The summed E-state index contributed by atoms with van der Waals surface area (Å²) in [4.78, 5) is 23.6. The molecule has 0 radical (unpaired) electrons. The van der Waals surface area contributed by atoms with E-state index in [4.69, 9.17) is 4.74 Å². The molecule has 130 valence electrons. The van der Waals surface area contributed by atoms with E-state index in [1.54, 1.807) is 0 Å². The Morgan fingerprint density at radius 2 is 1.92 bits per heavy atom. The van der Waals surface area contributed by atoms with Gasteiger partial charge in [0, 0.05) is 18.6 Å². The van der Waals surface area contributed by atoms with Crippen LogP contribution >= 0.6 is 0 Å². The van der Waals surface area contributed by atoms with Crippen molar-refractivity contribution in [3.8, 4) is 5.75 Å². The van der Waals surface area contributed by atoms with Crippen LogP contribution in [0.1, 0.15) is 58.4 Å². The lowest BCUT2D eigenvalue weighted by Crippen LogP contribution is -2.32. The fourth-order valence-electron chi connectivity index (χ4n) is 2.85. The highest BCUT2D eigenvalue weighted by Crippen LogP contribution is 2.31. The molecule has 1 aromatic carbocycles. The number of carbonyl (C=O) groups excluding carboxylic acids is 2. The lowest BCUT2D eigenvalue weighted by atomic mass is 9.76. The quantitative estimate of drug-likeness (QED) is 0.841. The summed E-state index contributed by atoms with van der Waals surface area (Å²) in [5.41, 5.74) is 4.35. The van der Waals surface area contributed by atoms with Crippen molar-refractivity contribution in [2.45, 2.75) is 52.9 Å². The second kappa shape index (κ2) is 7.60. The Labute approximate surface area is 143 Å². The van der Waals surface area contributed by atoms with Gasteiger partial charge in [0.05, 0.1) is 0 Å². The maximum absolute atomic E-state index is 11.8. The van der Waals surface area contributed by atoms with E-state index in [-0.39, 0.29) is 23.7 Å². The lowest BCUT2D eigenvalue weighted by Gasteiger charge is -2.28. The van der Waals surface area contributed by atoms with E-state index in [0.717, 1.165) is 12.1 Å². The van der Waals surface area contributed by atoms with Gasteiger partial charge in [0.1, 0.15) is 11.5 Å². The Morgan fingerprint density at radius 1 is 1.25 bits per heavy atom. The van der Waals surface area contributed by atoms with Gasteiger partial charge >= 0.3 is 0 Å². The first-order chi connectivity index (χ1) is 11.2. The van der Waals surface area contributed by atoms with Crippen molar-refractivity contribution < 1.29 is 14.3 Å². The summed E-state index contributed by atoms with van der Waals surface area (Å²) in [5, 5.41) is 4.10. The first-order valence-electron chi connectivity index (χ1n) is 8.34. The number of Topliss-reactive ketones (excluding diaryl/α,β-unsaturated/α-hetero) is 1. The summed E-state index contributed by atoms with van der Waals surface area (Å²) in [5.74, 6) is 0.948. The van der Waals surface area contributed by atoms with Crippen molar-refractivity contribution in [2.24, 2.45) is 10.5 Å². The highest BCUT2D eigenvalue weighted by atomic mass is 16.5. The smallest absolute Gasteiger partial charge is 0.277 e. The van der Waals surface area contributed by atoms with Gasteiger partial charge in [-0.3, -0.25) is 9.59 Å². The molecule has 0 aromatic heterocycles. The first-order valence-corrected chi connectivity index (χ1v) is 8.34. The van der Waals surface area contributed by atoms with Crippen molar-refractivity contribution in [3.05, 3.63) is 29.8 Å². The molecule has 24 heavy (non-hydrogen) atoms. The predicted molar refractivity (Wildman–Crippen MR) is 94.2 cm³/mol. The third kappa shape index (κ3) is 5.48. The number of ketones is 1. The number of hydrogen-bond acceptors (Lipinski definition) is 4. The van der Waals surface area contributed by atoms with E-state index in [9.17, 15) is 9.59 Å². The molecule has 1 fully saturated rings. The molecule has 1 amide bonds. The number of ether oxygens (including phenoxy) is 1. The van der Waals surface area contributed by atoms with Crippen LogP contribution in [0.15, 0.2) is 29.4 Å². The summed E-state index contributed by atoms with van der Waals surface area (Å²) < 4.78 is 5.46. The second-order valence-electron chi connectivity index (χ2n) is 7.46. The number of nitrogens with zero attached hydrogens (tertiary/aromatic N) is 1. The Balaban J connectivity index is 1.83. The Morgan fingerprint density at radius 3 is 2.50 bits per heavy atom. The fraction of sp³-hybridized carbons (Fsp3) is 0.526. The van der Waals surface area contributed by atoms with Crippen LogP contribution in [0.4, 0.5) is 0 Å². The van der Waals surface area contributed by atoms with Gasteiger partial charge < -0.3 is 4.74 Å². The Hall–Kier alpha value is -2.17. The SMILES string of the molecule is CC(C)c1ccc(OCC(=O)NN=C2CC(=O)CC(C)(C)C2)cc1. The molecule has 0 unspecified atom stereocenters. The zero-order valence-electron chi connectivity index (χ0n) is 14.9. The summed E-state index contributed by atoms with van der Waals surface area (Å²) >= 11 is 0. The van der Waals surface area contributed by atoms with Crippen LogP contribution in [0.5, 0.6) is 5.75 Å². The maximum atomic E-state index is 11.8. The van der Waals surface area contributed by atoms with Gasteiger partial charge in [-0.15, -0.1) is 0 Å². The van der Waals surface area contributed by atoms with E-state index in [2.05, 4.69) is 24.4 Å². The Bertz CT molecular complexity index is 631. The Kier molecular flexibility index (Phi) is 5.75. The zero-order chi connectivity index (χ0) is 17.7. The van der Waals surface area contributed by atoms with Crippen molar-refractivity contribution in [1.82, 2.24) is 5.43 Å². The molecule has 0 saturated heterocycles. The number of nitrogens with one attached hydrogen (secondary N) is 1. The highest BCUT2D eigenvalue weighted by Gasteiger charge is 2.30. The third-order valence-corrected chi connectivity index (χ3v) is 4.01. The number of benzene rings is 1. The molecule has 1 aromatic rings. The molecular weight excluding hydrogens is 304 g/mol. The van der Waals surface area contributed by atoms with Crippen molar-refractivity contribution in [3.63, 3.8) is 0 Å². The largest absolute Gasteiger partial charge is 0.484 e. The number of rotatable bonds is 5. The summed E-state index contributed by atoms with van der Waals surface area (Å²) in [7, 11) is 0. The van der Waals surface area contributed by atoms with E-state index in [0.29, 0.717) is 24.5 Å². The van der Waals surface area contributed by atoms with E-state index < -0.39 is 0 Å². The molecule has 1 aliphatic carbocycles. The van der Waals surface area contributed by atoms with Crippen molar-refractivity contribution in [2.75, 3.05) is 6.61 Å². The minimum Gasteiger partial charge on any atom is -0.484 e. The van der Waals surface area contributed by atoms with Gasteiger partial charge in [0.15, 0.2) is 6.61 Å². The van der Waals surface area contributed by atoms with Crippen molar-refractivity contribution in [1.29, 1.82) is 0 Å². The topological polar surface area (TPSA) is 67.8 Å². The fourth-order valence-corrected chi connectivity index (χ4v) is 2.85. The molecule has 0 aliphatic heterocycles. The maximum Gasteiger partial charge on any atom is 0.277 e. The summed E-state index contributed by atoms with van der Waals surface area (Å²) in [6, 6.07) is 7.70. The van der Waals surface area contributed by atoms with Crippen LogP contribution < -0.4 is 10.2 Å². The minimum atomic E-state index is -0.328. The standard InChI is InChI=1S/C19H26N2O3/c1-13(2)14-5-7-17(8-6-14)24-12-18(23)21-20-15-9-16(22)11-19(3,4)10-15/h5-8,13H,9-12H2,1-4H3,(H,21,23). The number of hydrazone groups is 1. The number of hydrogen-bond donors (Lipinski definition) is 1. The van der Waals surface area contributed by atoms with E-state index in [1.807, 2.05) is 38.1 Å². The van der Waals surface area contributed by atoms with Crippen molar-refractivity contribution >= 4 is 17.4 Å². The highest BCUT2D eigenvalue weighted by molar-refractivity contribution is 6.05. The van der Waals surface area contributed by atoms with Gasteiger partial charge in [-0.25, -0.2) is 5.43 Å². The van der Waals surface area contributed by atoms with Crippen LogP contribution in [0.25, 0.3) is 0 Å². The van der Waals surface area contributed by atoms with Gasteiger partial charge in [0.25, 0.3) is 5.91 Å². The van der Waals surface area contributed by atoms with Crippen LogP contribution in [0.3, 0.4) is 0 Å². The van der Waals surface area contributed by atoms with Crippen LogP contribution in [-0.4, -0.2) is 24.0 Å². The molecule has 0 spiro atoms. The molecule has 0 atom stereocenters. The zero-order valence-corrected chi connectivity index (χ0v) is 14.9. The average molecular weight is 330 g/mol. The van der Waals surface area contributed by atoms with Gasteiger partial charge in [-0.2, -0.15) is 5.10 Å². The van der Waals surface area contributed by atoms with Gasteiger partial charge in [0.2, 0.25) is 0 Å². The normalized spacial score (nSPS) is 18.7. The van der Waals surface area contributed by atoms with E-state index >= 15 is 0 Å². The minimum absolute atomic E-state index is 0.0897. The van der Waals surface area contributed by atoms with Crippen LogP contribution in [0.2, 0.25) is 0 Å². The number of amides is 1. The molecule has 5 heteroatoms. The molecular formula is C19H26N2O3. The molecule has 5 nitrogen and oxygen atoms in total. The van der Waals surface area contributed by atoms with E-state index in [1.165, 1.54) is 5.56 Å². The molecule has 2 rings (SSSR count). The monoisotopic (exact) mass is 330 g/mol. The molecule has 1 saturated carbocycles. The lowest BCUT2D eigenvalue weighted by molar-refractivity contribution is -0.123. The molecule has 1 aliphatic rings. The molecule has 0 bridgehead atoms. The van der Waals surface area contributed by atoms with Crippen LogP contribution in [0, 0.1) is 5.41 Å². The average Bonchev–Trinajstić information content (AvgIpc) is 2.49. The first kappa shape index (κ1) is 18.2. The predicted octanol–water partition coefficient (Wildman–Crippen LogP) is 3.44. The van der Waals surface area contributed by atoms with Gasteiger partial charge in [-0.05, 0) is 35.4 Å². The summed E-state index contributed by atoms with van der Waals surface area (Å²) in [6.07, 6.45) is 1.60.